The smallest absolute Gasteiger partial charge is 0.420 e. The first-order valence-corrected chi connectivity index (χ1v) is 5.66. The molecule has 1 aromatic rings. The van der Waals surface area contributed by atoms with Crippen LogP contribution in [0.2, 0.25) is 0 Å². The van der Waals surface area contributed by atoms with Crippen LogP contribution in [-0.2, 0) is 12.6 Å². The van der Waals surface area contributed by atoms with Gasteiger partial charge in [-0.05, 0) is 44.1 Å². The molecule has 1 aliphatic rings. The summed E-state index contributed by atoms with van der Waals surface area (Å²) in [5.74, 6) is -0.0100. The van der Waals surface area contributed by atoms with Crippen LogP contribution in [0.25, 0.3) is 0 Å². The molecule has 1 heterocycles. The Morgan fingerprint density at radius 3 is 2.72 bits per heavy atom. The van der Waals surface area contributed by atoms with Crippen molar-refractivity contribution in [3.05, 3.63) is 23.3 Å². The molecule has 18 heavy (non-hydrogen) atoms. The number of halogens is 3. The summed E-state index contributed by atoms with van der Waals surface area (Å²) in [5.41, 5.74) is -0.140. The number of fused-ring (bicyclic) bond motifs is 1. The Labute approximate surface area is 103 Å². The molecule has 100 valence electrons. The Hall–Kier alpha value is -1.43. The van der Waals surface area contributed by atoms with Gasteiger partial charge in [-0.1, -0.05) is 0 Å². The van der Waals surface area contributed by atoms with Gasteiger partial charge in [-0.2, -0.15) is 13.2 Å². The molecule has 0 aliphatic carbocycles. The maximum Gasteiger partial charge on any atom is 0.420 e. The zero-order valence-electron chi connectivity index (χ0n) is 9.93. The van der Waals surface area contributed by atoms with E-state index in [1.165, 1.54) is 0 Å². The van der Waals surface area contributed by atoms with E-state index in [1.54, 1.807) is 13.1 Å². The van der Waals surface area contributed by atoms with Crippen molar-refractivity contribution in [3.63, 3.8) is 0 Å². The maximum atomic E-state index is 12.9. The number of alkyl halides is 3. The van der Waals surface area contributed by atoms with Crippen LogP contribution in [-0.4, -0.2) is 20.4 Å². The van der Waals surface area contributed by atoms with Crippen LogP contribution in [0.1, 0.15) is 17.5 Å². The van der Waals surface area contributed by atoms with Crippen LogP contribution in [0.5, 0.6) is 11.5 Å². The highest BCUT2D eigenvalue weighted by atomic mass is 19.4. The first kappa shape index (κ1) is 13.0. The van der Waals surface area contributed by atoms with Crippen molar-refractivity contribution in [2.75, 3.05) is 20.4 Å². The number of aryl methyl sites for hydroxylation is 1. The summed E-state index contributed by atoms with van der Waals surface area (Å²) >= 11 is 0. The molecule has 0 unspecified atom stereocenters. The van der Waals surface area contributed by atoms with Gasteiger partial charge in [0.15, 0.2) is 11.5 Å². The summed E-state index contributed by atoms with van der Waals surface area (Å²) in [5, 5.41) is 2.96. The van der Waals surface area contributed by atoms with E-state index in [1.807, 2.05) is 0 Å². The molecular weight excluding hydrogens is 247 g/mol. The summed E-state index contributed by atoms with van der Waals surface area (Å²) in [6.07, 6.45) is -3.08. The van der Waals surface area contributed by atoms with Crippen molar-refractivity contribution in [1.82, 2.24) is 5.32 Å². The SMILES string of the molecule is CNCCCc1cc2c(c(C(F)(F)F)c1)OCO2. The van der Waals surface area contributed by atoms with Crippen molar-refractivity contribution in [1.29, 1.82) is 0 Å². The molecule has 0 spiro atoms. The summed E-state index contributed by atoms with van der Waals surface area (Å²) < 4.78 is 48.5. The highest BCUT2D eigenvalue weighted by Gasteiger charge is 2.38. The van der Waals surface area contributed by atoms with E-state index in [0.717, 1.165) is 19.0 Å². The monoisotopic (exact) mass is 261 g/mol. The Morgan fingerprint density at radius 2 is 2.06 bits per heavy atom. The van der Waals surface area contributed by atoms with Crippen LogP contribution in [0.4, 0.5) is 13.2 Å². The summed E-state index contributed by atoms with van der Waals surface area (Å²) in [7, 11) is 1.81. The van der Waals surface area contributed by atoms with E-state index in [2.05, 4.69) is 5.32 Å². The highest BCUT2D eigenvalue weighted by Crippen LogP contribution is 2.44. The van der Waals surface area contributed by atoms with E-state index in [-0.39, 0.29) is 18.3 Å². The first-order valence-electron chi connectivity index (χ1n) is 5.66. The molecule has 2 rings (SSSR count). The van der Waals surface area contributed by atoms with E-state index in [0.29, 0.717) is 12.0 Å². The number of hydrogen-bond donors (Lipinski definition) is 1. The molecule has 1 aliphatic heterocycles. The number of ether oxygens (including phenoxy) is 2. The van der Waals surface area contributed by atoms with Gasteiger partial charge in [0.25, 0.3) is 0 Å². The van der Waals surface area contributed by atoms with Gasteiger partial charge in [0.05, 0.1) is 0 Å². The van der Waals surface area contributed by atoms with Gasteiger partial charge in [-0.25, -0.2) is 0 Å². The topological polar surface area (TPSA) is 30.5 Å². The molecule has 0 saturated heterocycles. The predicted octanol–water partition coefficient (Wildman–Crippen LogP) is 2.59. The molecule has 6 heteroatoms. The third-order valence-corrected chi connectivity index (χ3v) is 2.73. The minimum absolute atomic E-state index is 0.154. The molecule has 0 radical (unpaired) electrons. The van der Waals surface area contributed by atoms with E-state index < -0.39 is 11.7 Å². The summed E-state index contributed by atoms with van der Waals surface area (Å²) in [4.78, 5) is 0. The van der Waals surface area contributed by atoms with Gasteiger partial charge in [0.1, 0.15) is 5.56 Å². The van der Waals surface area contributed by atoms with E-state index >= 15 is 0 Å². The standard InChI is InChI=1S/C12H14F3NO2/c1-16-4-2-3-8-5-9(12(13,14)15)11-10(6-8)17-7-18-11/h5-6,16H,2-4,7H2,1H3. The largest absolute Gasteiger partial charge is 0.454 e. The summed E-state index contributed by atoms with van der Waals surface area (Å²) in [6.45, 7) is 0.605. The Morgan fingerprint density at radius 1 is 1.28 bits per heavy atom. The number of nitrogens with one attached hydrogen (secondary N) is 1. The average molecular weight is 261 g/mol. The molecule has 0 saturated carbocycles. The summed E-state index contributed by atoms with van der Waals surface area (Å²) in [6, 6.07) is 2.76. The maximum absolute atomic E-state index is 12.9. The fourth-order valence-corrected chi connectivity index (χ4v) is 1.89. The minimum atomic E-state index is -4.42. The fraction of sp³-hybridized carbons (Fsp3) is 0.500. The highest BCUT2D eigenvalue weighted by molar-refractivity contribution is 5.52. The Kier molecular flexibility index (Phi) is 3.65. The number of hydrogen-bond acceptors (Lipinski definition) is 3. The Balaban J connectivity index is 2.28. The first-order chi connectivity index (χ1) is 8.52. The van der Waals surface area contributed by atoms with Crippen LogP contribution in [0.15, 0.2) is 12.1 Å². The second kappa shape index (κ2) is 5.06. The zero-order chi connectivity index (χ0) is 13.2. The molecule has 1 aromatic carbocycles. The van der Waals surface area contributed by atoms with E-state index in [4.69, 9.17) is 9.47 Å². The molecule has 1 N–H and O–H groups in total. The van der Waals surface area contributed by atoms with Gasteiger partial charge in [-0.3, -0.25) is 0 Å². The molecule has 0 fully saturated rings. The van der Waals surface area contributed by atoms with Gasteiger partial charge < -0.3 is 14.8 Å². The van der Waals surface area contributed by atoms with E-state index in [9.17, 15) is 13.2 Å². The molecular formula is C12H14F3NO2. The predicted molar refractivity (Wildman–Crippen MR) is 59.8 cm³/mol. The molecule has 3 nitrogen and oxygen atoms in total. The normalized spacial score (nSPS) is 14.0. The van der Waals surface area contributed by atoms with Gasteiger partial charge >= 0.3 is 6.18 Å². The lowest BCUT2D eigenvalue weighted by molar-refractivity contribution is -0.138. The van der Waals surface area contributed by atoms with Crippen LogP contribution in [0.3, 0.4) is 0 Å². The van der Waals surface area contributed by atoms with Crippen LogP contribution in [0, 0.1) is 0 Å². The lowest BCUT2D eigenvalue weighted by atomic mass is 10.0. The average Bonchev–Trinajstić information content (AvgIpc) is 2.74. The number of benzene rings is 1. The zero-order valence-corrected chi connectivity index (χ0v) is 9.93. The lowest BCUT2D eigenvalue weighted by Gasteiger charge is -2.12. The van der Waals surface area contributed by atoms with Gasteiger partial charge in [-0.15, -0.1) is 0 Å². The quantitative estimate of drug-likeness (QED) is 0.845. The molecule has 0 aromatic heterocycles. The molecule has 0 bridgehead atoms. The minimum Gasteiger partial charge on any atom is -0.454 e. The third-order valence-electron chi connectivity index (χ3n) is 2.73. The Bertz CT molecular complexity index is 432. The van der Waals surface area contributed by atoms with Crippen molar-refractivity contribution >= 4 is 0 Å². The van der Waals surface area contributed by atoms with Crippen molar-refractivity contribution in [2.24, 2.45) is 0 Å². The number of rotatable bonds is 4. The van der Waals surface area contributed by atoms with Crippen LogP contribution < -0.4 is 14.8 Å². The van der Waals surface area contributed by atoms with Crippen LogP contribution >= 0.6 is 0 Å². The third kappa shape index (κ3) is 2.69. The second-order valence-electron chi connectivity index (χ2n) is 4.08. The lowest BCUT2D eigenvalue weighted by Crippen LogP contribution is -2.10. The fourth-order valence-electron chi connectivity index (χ4n) is 1.89. The molecule has 0 amide bonds. The van der Waals surface area contributed by atoms with Crippen molar-refractivity contribution in [3.8, 4) is 11.5 Å². The van der Waals surface area contributed by atoms with Gasteiger partial charge in [0.2, 0.25) is 6.79 Å². The van der Waals surface area contributed by atoms with Gasteiger partial charge in [0, 0.05) is 0 Å². The van der Waals surface area contributed by atoms with Crippen molar-refractivity contribution in [2.45, 2.75) is 19.0 Å². The van der Waals surface area contributed by atoms with Crippen molar-refractivity contribution < 1.29 is 22.6 Å². The molecule has 0 atom stereocenters. The second-order valence-corrected chi connectivity index (χ2v) is 4.08.